The molecule has 33 heavy (non-hydrogen) atoms. The number of nitrogens with zero attached hydrogens (tertiary/aromatic N) is 3. The lowest BCUT2D eigenvalue weighted by molar-refractivity contribution is -0.120. The number of rotatable bonds is 7. The first-order valence-corrected chi connectivity index (χ1v) is 12.4. The van der Waals surface area contributed by atoms with Crippen LogP contribution in [-0.2, 0) is 14.8 Å². The summed E-state index contributed by atoms with van der Waals surface area (Å²) in [5.41, 5.74) is 1.46. The first-order chi connectivity index (χ1) is 15.8. The van der Waals surface area contributed by atoms with Crippen molar-refractivity contribution in [2.24, 2.45) is 5.92 Å². The number of anilines is 1. The Morgan fingerprint density at radius 3 is 2.30 bits per heavy atom. The summed E-state index contributed by atoms with van der Waals surface area (Å²) in [6.45, 7) is 5.52. The molecule has 9 heteroatoms. The smallest absolute Gasteiger partial charge is 0.253 e. The highest BCUT2D eigenvalue weighted by molar-refractivity contribution is 7.89. The number of amides is 2. The van der Waals surface area contributed by atoms with Gasteiger partial charge in [-0.05, 0) is 69.2 Å². The van der Waals surface area contributed by atoms with E-state index >= 15 is 0 Å². The Morgan fingerprint density at radius 2 is 1.73 bits per heavy atom. The second-order valence-electron chi connectivity index (χ2n) is 7.86. The molecule has 0 saturated carbocycles. The molecule has 0 spiro atoms. The van der Waals surface area contributed by atoms with Crippen LogP contribution in [0.25, 0.3) is 0 Å². The van der Waals surface area contributed by atoms with Crippen LogP contribution in [0, 0.1) is 17.2 Å². The zero-order valence-corrected chi connectivity index (χ0v) is 19.6. The largest absolute Gasteiger partial charge is 0.339 e. The summed E-state index contributed by atoms with van der Waals surface area (Å²) >= 11 is 0. The summed E-state index contributed by atoms with van der Waals surface area (Å²) in [6, 6.07) is 14.7. The minimum atomic E-state index is -3.67. The predicted molar refractivity (Wildman–Crippen MR) is 125 cm³/mol. The molecule has 1 aliphatic rings. The molecule has 0 atom stereocenters. The van der Waals surface area contributed by atoms with Crippen molar-refractivity contribution in [1.29, 1.82) is 5.26 Å². The summed E-state index contributed by atoms with van der Waals surface area (Å²) in [4.78, 5) is 27.2. The van der Waals surface area contributed by atoms with Gasteiger partial charge in [-0.3, -0.25) is 9.59 Å². The molecule has 8 nitrogen and oxygen atoms in total. The number of sulfonamides is 1. The fourth-order valence-corrected chi connectivity index (χ4v) is 5.35. The Kier molecular flexibility index (Phi) is 7.84. The van der Waals surface area contributed by atoms with Crippen molar-refractivity contribution in [1.82, 2.24) is 9.21 Å². The zero-order chi connectivity index (χ0) is 24.0. The molecule has 0 aliphatic carbocycles. The van der Waals surface area contributed by atoms with Crippen LogP contribution in [0.1, 0.15) is 42.6 Å². The molecule has 2 aromatic carbocycles. The van der Waals surface area contributed by atoms with Crippen LogP contribution in [0.4, 0.5) is 5.69 Å². The molecule has 1 N–H and O–H groups in total. The molecule has 1 fully saturated rings. The quantitative estimate of drug-likeness (QED) is 0.671. The Hall–Kier alpha value is -3.22. The molecule has 1 saturated heterocycles. The molecule has 0 bridgehead atoms. The molecular weight excluding hydrogens is 440 g/mol. The standard InChI is InChI=1S/C24H28N4O4S/c1-3-27(4-2)24(30)20-6-5-7-21(16-20)26-23(29)19-12-14-28(15-13-19)33(31,32)22-10-8-18(17-25)9-11-22/h5-11,16,19H,3-4,12-15H2,1-2H3,(H,26,29). The van der Waals surface area contributed by atoms with E-state index in [-0.39, 0.29) is 35.7 Å². The van der Waals surface area contributed by atoms with Gasteiger partial charge in [0.1, 0.15) is 0 Å². The van der Waals surface area contributed by atoms with Gasteiger partial charge in [-0.25, -0.2) is 8.42 Å². The van der Waals surface area contributed by atoms with Gasteiger partial charge in [0.15, 0.2) is 0 Å². The number of hydrogen-bond donors (Lipinski definition) is 1. The number of carbonyl (C=O) groups excluding carboxylic acids is 2. The SMILES string of the molecule is CCN(CC)C(=O)c1cccc(NC(=O)C2CCN(S(=O)(=O)c3ccc(C#N)cc3)CC2)c1. The Bertz CT molecular complexity index is 1140. The summed E-state index contributed by atoms with van der Waals surface area (Å²) in [5, 5.41) is 11.8. The maximum Gasteiger partial charge on any atom is 0.253 e. The topological polar surface area (TPSA) is 111 Å². The van der Waals surface area contributed by atoms with E-state index in [0.29, 0.717) is 42.7 Å². The molecule has 0 unspecified atom stereocenters. The van der Waals surface area contributed by atoms with Gasteiger partial charge in [-0.15, -0.1) is 0 Å². The summed E-state index contributed by atoms with van der Waals surface area (Å²) in [7, 11) is -3.67. The van der Waals surface area contributed by atoms with Crippen LogP contribution in [-0.4, -0.2) is 55.6 Å². The van der Waals surface area contributed by atoms with E-state index in [1.807, 2.05) is 19.9 Å². The van der Waals surface area contributed by atoms with Gasteiger partial charge >= 0.3 is 0 Å². The van der Waals surface area contributed by atoms with Gasteiger partial charge < -0.3 is 10.2 Å². The summed E-state index contributed by atoms with van der Waals surface area (Å²) < 4.78 is 27.1. The van der Waals surface area contributed by atoms with Crippen LogP contribution in [0.5, 0.6) is 0 Å². The van der Waals surface area contributed by atoms with E-state index in [4.69, 9.17) is 5.26 Å². The highest BCUT2D eigenvalue weighted by Crippen LogP contribution is 2.25. The fraction of sp³-hybridized carbons (Fsp3) is 0.375. The van der Waals surface area contributed by atoms with E-state index in [2.05, 4.69) is 5.32 Å². The van der Waals surface area contributed by atoms with Crippen molar-refractivity contribution in [2.75, 3.05) is 31.5 Å². The van der Waals surface area contributed by atoms with Crippen molar-refractivity contribution in [3.8, 4) is 6.07 Å². The van der Waals surface area contributed by atoms with Crippen molar-refractivity contribution in [2.45, 2.75) is 31.6 Å². The number of nitriles is 1. The van der Waals surface area contributed by atoms with E-state index in [1.165, 1.54) is 28.6 Å². The van der Waals surface area contributed by atoms with Gasteiger partial charge in [0.05, 0.1) is 16.5 Å². The van der Waals surface area contributed by atoms with Crippen LogP contribution in [0.3, 0.4) is 0 Å². The monoisotopic (exact) mass is 468 g/mol. The predicted octanol–water partition coefficient (Wildman–Crippen LogP) is 3.08. The molecule has 3 rings (SSSR count). The number of hydrogen-bond acceptors (Lipinski definition) is 5. The van der Waals surface area contributed by atoms with Gasteiger partial charge in [0.2, 0.25) is 15.9 Å². The maximum atomic E-state index is 12.9. The Balaban J connectivity index is 1.61. The number of carbonyl (C=O) groups is 2. The first kappa shape index (κ1) is 24.4. The van der Waals surface area contributed by atoms with Crippen LogP contribution in [0.15, 0.2) is 53.4 Å². The molecule has 2 amide bonds. The number of benzene rings is 2. The van der Waals surface area contributed by atoms with Gasteiger partial charge in [-0.2, -0.15) is 9.57 Å². The van der Waals surface area contributed by atoms with Gasteiger partial charge in [0, 0.05) is 43.3 Å². The lowest BCUT2D eigenvalue weighted by atomic mass is 9.97. The summed E-state index contributed by atoms with van der Waals surface area (Å²) in [5.74, 6) is -0.588. The number of piperidine rings is 1. The molecule has 0 aromatic heterocycles. The average Bonchev–Trinajstić information content (AvgIpc) is 2.85. The normalized spacial score (nSPS) is 14.9. The van der Waals surface area contributed by atoms with Crippen LogP contribution in [0.2, 0.25) is 0 Å². The Labute approximate surface area is 194 Å². The molecule has 1 aliphatic heterocycles. The minimum absolute atomic E-state index is 0.0857. The zero-order valence-electron chi connectivity index (χ0n) is 18.8. The highest BCUT2D eigenvalue weighted by atomic mass is 32.2. The Morgan fingerprint density at radius 1 is 1.09 bits per heavy atom. The molecule has 0 radical (unpaired) electrons. The molecular formula is C24H28N4O4S. The lowest BCUT2D eigenvalue weighted by Gasteiger charge is -2.30. The molecule has 174 valence electrons. The van der Waals surface area contributed by atoms with Gasteiger partial charge in [-0.1, -0.05) is 6.07 Å². The average molecular weight is 469 g/mol. The number of nitrogens with one attached hydrogen (secondary N) is 1. The highest BCUT2D eigenvalue weighted by Gasteiger charge is 2.32. The molecule has 1 heterocycles. The van der Waals surface area contributed by atoms with Crippen molar-refractivity contribution >= 4 is 27.5 Å². The van der Waals surface area contributed by atoms with E-state index < -0.39 is 10.0 Å². The third kappa shape index (κ3) is 5.59. The van der Waals surface area contributed by atoms with Gasteiger partial charge in [0.25, 0.3) is 5.91 Å². The van der Waals surface area contributed by atoms with E-state index in [0.717, 1.165) is 0 Å². The van der Waals surface area contributed by atoms with Crippen molar-refractivity contribution in [3.63, 3.8) is 0 Å². The fourth-order valence-electron chi connectivity index (χ4n) is 3.88. The minimum Gasteiger partial charge on any atom is -0.339 e. The third-order valence-electron chi connectivity index (χ3n) is 5.87. The second-order valence-corrected chi connectivity index (χ2v) is 9.80. The summed E-state index contributed by atoms with van der Waals surface area (Å²) in [6.07, 6.45) is 0.804. The van der Waals surface area contributed by atoms with E-state index in [9.17, 15) is 18.0 Å². The van der Waals surface area contributed by atoms with Crippen molar-refractivity contribution in [3.05, 3.63) is 59.7 Å². The third-order valence-corrected chi connectivity index (χ3v) is 7.79. The van der Waals surface area contributed by atoms with E-state index in [1.54, 1.807) is 29.2 Å². The first-order valence-electron chi connectivity index (χ1n) is 11.0. The van der Waals surface area contributed by atoms with Crippen LogP contribution < -0.4 is 5.32 Å². The second kappa shape index (κ2) is 10.6. The lowest BCUT2D eigenvalue weighted by Crippen LogP contribution is -2.41. The van der Waals surface area contributed by atoms with Crippen molar-refractivity contribution < 1.29 is 18.0 Å². The molecule has 2 aromatic rings. The maximum absolute atomic E-state index is 12.9. The van der Waals surface area contributed by atoms with Crippen LogP contribution >= 0.6 is 0 Å².